The molecule has 0 aliphatic heterocycles. The van der Waals surface area contributed by atoms with E-state index in [1.807, 2.05) is 0 Å². The van der Waals surface area contributed by atoms with E-state index in [-0.39, 0.29) is 0 Å². The largest absolute Gasteiger partial charge is 0.287 e. The first-order chi connectivity index (χ1) is 6.38. The second-order valence-corrected chi connectivity index (χ2v) is 4.56. The molecule has 0 amide bonds. The van der Waals surface area contributed by atoms with Gasteiger partial charge in [0.15, 0.2) is 0 Å². The Morgan fingerprint density at radius 3 is 2.57 bits per heavy atom. The second kappa shape index (κ2) is 4.13. The van der Waals surface area contributed by atoms with Crippen LogP contribution in [0.1, 0.15) is 11.1 Å². The summed E-state index contributed by atoms with van der Waals surface area (Å²) in [5, 5.41) is 1.33. The number of halogens is 1. The molecule has 0 unspecified atom stereocenters. The van der Waals surface area contributed by atoms with E-state index in [4.69, 9.17) is 16.2 Å². The summed E-state index contributed by atoms with van der Waals surface area (Å²) in [5.41, 5.74) is 1.55. The zero-order valence-electron chi connectivity index (χ0n) is 7.44. The normalized spacial score (nSPS) is 12.2. The van der Waals surface area contributed by atoms with Crippen molar-refractivity contribution in [1.29, 1.82) is 0 Å². The summed E-state index contributed by atoms with van der Waals surface area (Å²) >= 11 is 5.72. The van der Waals surface area contributed by atoms with Gasteiger partial charge in [-0.2, -0.15) is 8.42 Å². The van der Waals surface area contributed by atoms with Crippen molar-refractivity contribution in [2.45, 2.75) is 6.92 Å². The standard InChI is InChI=1S/C9H9ClO3S/c1-7-6-9(10)3-2-8(7)4-5-14(11,12)13/h2-6H,1H3,(H,11,12,13). The van der Waals surface area contributed by atoms with E-state index in [1.165, 1.54) is 6.08 Å². The average molecular weight is 233 g/mol. The van der Waals surface area contributed by atoms with Gasteiger partial charge in [0.1, 0.15) is 0 Å². The molecule has 0 bridgehead atoms. The molecule has 0 heterocycles. The fourth-order valence-corrected chi connectivity index (χ4v) is 1.53. The lowest BCUT2D eigenvalue weighted by molar-refractivity contribution is 0.494. The smallest absolute Gasteiger partial charge is 0.282 e. The molecule has 14 heavy (non-hydrogen) atoms. The number of hydrogen-bond donors (Lipinski definition) is 1. The van der Waals surface area contributed by atoms with Crippen LogP contribution in [0.15, 0.2) is 23.6 Å². The molecule has 1 aromatic rings. The Hall–Kier alpha value is -0.840. The molecule has 0 atom stereocenters. The Balaban J connectivity index is 3.05. The Morgan fingerprint density at radius 2 is 2.07 bits per heavy atom. The minimum absolute atomic E-state index is 0.589. The van der Waals surface area contributed by atoms with Gasteiger partial charge < -0.3 is 0 Å². The summed E-state index contributed by atoms with van der Waals surface area (Å²) in [6, 6.07) is 5.04. The molecular weight excluding hydrogens is 224 g/mol. The maximum absolute atomic E-state index is 10.4. The van der Waals surface area contributed by atoms with Gasteiger partial charge in [0.2, 0.25) is 0 Å². The van der Waals surface area contributed by atoms with Crippen LogP contribution in [0.5, 0.6) is 0 Å². The highest BCUT2D eigenvalue weighted by atomic mass is 35.5. The van der Waals surface area contributed by atoms with Crippen molar-refractivity contribution in [3.05, 3.63) is 39.8 Å². The summed E-state index contributed by atoms with van der Waals surface area (Å²) in [5.74, 6) is 0. The molecule has 0 radical (unpaired) electrons. The SMILES string of the molecule is Cc1cc(Cl)ccc1C=CS(=O)(=O)O. The number of hydrogen-bond acceptors (Lipinski definition) is 2. The predicted octanol–water partition coefficient (Wildman–Crippen LogP) is 2.51. The lowest BCUT2D eigenvalue weighted by Gasteiger charge is -1.99. The van der Waals surface area contributed by atoms with Crippen molar-refractivity contribution in [2.24, 2.45) is 0 Å². The quantitative estimate of drug-likeness (QED) is 0.798. The van der Waals surface area contributed by atoms with Crippen LogP contribution in [-0.2, 0) is 10.1 Å². The van der Waals surface area contributed by atoms with E-state index in [0.717, 1.165) is 11.0 Å². The van der Waals surface area contributed by atoms with Crippen molar-refractivity contribution < 1.29 is 13.0 Å². The number of aryl methyl sites for hydroxylation is 1. The molecule has 1 aromatic carbocycles. The Morgan fingerprint density at radius 1 is 1.43 bits per heavy atom. The van der Waals surface area contributed by atoms with E-state index in [0.29, 0.717) is 10.6 Å². The van der Waals surface area contributed by atoms with E-state index in [2.05, 4.69) is 0 Å². The highest BCUT2D eigenvalue weighted by Gasteiger charge is 1.98. The van der Waals surface area contributed by atoms with Crippen LogP contribution < -0.4 is 0 Å². The Bertz CT molecular complexity index is 463. The zero-order valence-corrected chi connectivity index (χ0v) is 9.01. The number of benzene rings is 1. The van der Waals surface area contributed by atoms with Crippen LogP contribution in [0.3, 0.4) is 0 Å². The minimum Gasteiger partial charge on any atom is -0.282 e. The minimum atomic E-state index is -4.06. The van der Waals surface area contributed by atoms with Gasteiger partial charge in [-0.15, -0.1) is 0 Å². The predicted molar refractivity (Wildman–Crippen MR) is 56.8 cm³/mol. The Kier molecular flexibility index (Phi) is 3.31. The molecule has 0 spiro atoms. The first kappa shape index (κ1) is 11.2. The van der Waals surface area contributed by atoms with Crippen molar-refractivity contribution >= 4 is 27.8 Å². The summed E-state index contributed by atoms with van der Waals surface area (Å²) in [6.45, 7) is 1.80. The van der Waals surface area contributed by atoms with Gasteiger partial charge in [0.25, 0.3) is 10.1 Å². The molecule has 0 aliphatic carbocycles. The molecule has 3 nitrogen and oxygen atoms in total. The van der Waals surface area contributed by atoms with E-state index in [1.54, 1.807) is 25.1 Å². The monoisotopic (exact) mass is 232 g/mol. The third-order valence-electron chi connectivity index (χ3n) is 1.65. The average Bonchev–Trinajstić information content (AvgIpc) is 2.00. The molecular formula is C9H9ClO3S. The highest BCUT2D eigenvalue weighted by molar-refractivity contribution is 7.88. The fraction of sp³-hybridized carbons (Fsp3) is 0.111. The van der Waals surface area contributed by atoms with Gasteiger partial charge in [-0.3, -0.25) is 4.55 Å². The lowest BCUT2D eigenvalue weighted by Crippen LogP contribution is -1.89. The van der Waals surface area contributed by atoms with Crippen LogP contribution >= 0.6 is 11.6 Å². The third kappa shape index (κ3) is 3.49. The summed E-state index contributed by atoms with van der Waals surface area (Å²) < 4.78 is 29.3. The fourth-order valence-electron chi connectivity index (χ4n) is 0.985. The van der Waals surface area contributed by atoms with E-state index in [9.17, 15) is 8.42 Å². The van der Waals surface area contributed by atoms with Crippen LogP contribution in [0.2, 0.25) is 5.02 Å². The second-order valence-electron chi connectivity index (χ2n) is 2.82. The van der Waals surface area contributed by atoms with Crippen molar-refractivity contribution in [2.75, 3.05) is 0 Å². The maximum atomic E-state index is 10.4. The first-order valence-corrected chi connectivity index (χ1v) is 5.68. The molecule has 0 fully saturated rings. The van der Waals surface area contributed by atoms with E-state index >= 15 is 0 Å². The molecule has 1 N–H and O–H groups in total. The number of rotatable bonds is 2. The Labute approximate surface area is 87.8 Å². The summed E-state index contributed by atoms with van der Waals surface area (Å²) in [6.07, 6.45) is 1.32. The van der Waals surface area contributed by atoms with Gasteiger partial charge in [-0.1, -0.05) is 17.7 Å². The van der Waals surface area contributed by atoms with Crippen LogP contribution in [-0.4, -0.2) is 13.0 Å². The van der Waals surface area contributed by atoms with Gasteiger partial charge in [-0.25, -0.2) is 0 Å². The maximum Gasteiger partial charge on any atom is 0.287 e. The summed E-state index contributed by atoms with van der Waals surface area (Å²) in [7, 11) is -4.06. The van der Waals surface area contributed by atoms with Gasteiger partial charge in [0, 0.05) is 5.02 Å². The first-order valence-electron chi connectivity index (χ1n) is 3.80. The van der Waals surface area contributed by atoms with Crippen molar-refractivity contribution in [3.8, 4) is 0 Å². The van der Waals surface area contributed by atoms with Gasteiger partial charge in [0.05, 0.1) is 5.41 Å². The van der Waals surface area contributed by atoms with Gasteiger partial charge >= 0.3 is 0 Å². The van der Waals surface area contributed by atoms with Crippen LogP contribution in [0.4, 0.5) is 0 Å². The summed E-state index contributed by atoms with van der Waals surface area (Å²) in [4.78, 5) is 0. The lowest BCUT2D eigenvalue weighted by atomic mass is 10.1. The molecule has 0 aromatic heterocycles. The van der Waals surface area contributed by atoms with Crippen molar-refractivity contribution in [3.63, 3.8) is 0 Å². The topological polar surface area (TPSA) is 54.4 Å². The van der Waals surface area contributed by atoms with Crippen LogP contribution in [0, 0.1) is 6.92 Å². The molecule has 1 rings (SSSR count). The molecule has 5 heteroatoms. The third-order valence-corrected chi connectivity index (χ3v) is 2.37. The molecule has 0 saturated carbocycles. The molecule has 0 aliphatic rings. The molecule has 0 saturated heterocycles. The van der Waals surface area contributed by atoms with Crippen LogP contribution in [0.25, 0.3) is 6.08 Å². The van der Waals surface area contributed by atoms with Crippen molar-refractivity contribution in [1.82, 2.24) is 0 Å². The highest BCUT2D eigenvalue weighted by Crippen LogP contribution is 2.16. The zero-order chi connectivity index (χ0) is 10.8. The molecule has 76 valence electrons. The van der Waals surface area contributed by atoms with Gasteiger partial charge in [-0.05, 0) is 36.3 Å². The van der Waals surface area contributed by atoms with E-state index < -0.39 is 10.1 Å².